The van der Waals surface area contributed by atoms with Gasteiger partial charge in [0.25, 0.3) is 0 Å². The molecule has 1 saturated carbocycles. The molecule has 6 heteroatoms. The number of sulfonamides is 1. The van der Waals surface area contributed by atoms with E-state index in [4.69, 9.17) is 5.73 Å². The van der Waals surface area contributed by atoms with Crippen molar-refractivity contribution in [1.82, 2.24) is 8.87 Å². The van der Waals surface area contributed by atoms with Gasteiger partial charge in [-0.2, -0.15) is 4.31 Å². The molecular formula is C14H25N3O2S. The molecule has 0 aromatic carbocycles. The minimum atomic E-state index is -3.38. The summed E-state index contributed by atoms with van der Waals surface area (Å²) in [5.41, 5.74) is 6.59. The number of aromatic nitrogens is 1. The van der Waals surface area contributed by atoms with Gasteiger partial charge in [-0.05, 0) is 31.2 Å². The SMILES string of the molecule is CCCn1cc(S(=O)(=O)N(CC)CC2CC2)cc1CN. The van der Waals surface area contributed by atoms with Gasteiger partial charge in [-0.15, -0.1) is 0 Å². The summed E-state index contributed by atoms with van der Waals surface area (Å²) in [7, 11) is -3.38. The van der Waals surface area contributed by atoms with E-state index in [0.717, 1.165) is 31.5 Å². The van der Waals surface area contributed by atoms with Crippen LogP contribution in [-0.4, -0.2) is 30.4 Å². The molecule has 2 rings (SSSR count). The fraction of sp³-hybridized carbons (Fsp3) is 0.714. The van der Waals surface area contributed by atoms with Crippen LogP contribution in [0.1, 0.15) is 38.8 Å². The first kappa shape index (κ1) is 15.5. The zero-order valence-electron chi connectivity index (χ0n) is 12.4. The Hall–Kier alpha value is -0.850. The third-order valence-electron chi connectivity index (χ3n) is 3.78. The number of nitrogens with zero attached hydrogens (tertiary/aromatic N) is 2. The molecule has 2 N–H and O–H groups in total. The van der Waals surface area contributed by atoms with Gasteiger partial charge in [0.05, 0.1) is 0 Å². The molecule has 1 aromatic heterocycles. The molecule has 0 aliphatic heterocycles. The third-order valence-corrected chi connectivity index (χ3v) is 5.69. The monoisotopic (exact) mass is 299 g/mol. The average molecular weight is 299 g/mol. The Bertz CT molecular complexity index is 547. The molecule has 1 aliphatic carbocycles. The summed E-state index contributed by atoms with van der Waals surface area (Å²) >= 11 is 0. The van der Waals surface area contributed by atoms with Crippen LogP contribution < -0.4 is 5.73 Å². The van der Waals surface area contributed by atoms with Crippen LogP contribution >= 0.6 is 0 Å². The largest absolute Gasteiger partial charge is 0.349 e. The van der Waals surface area contributed by atoms with Crippen molar-refractivity contribution in [3.8, 4) is 0 Å². The smallest absolute Gasteiger partial charge is 0.244 e. The van der Waals surface area contributed by atoms with E-state index in [2.05, 4.69) is 6.92 Å². The molecule has 0 spiro atoms. The van der Waals surface area contributed by atoms with Crippen LogP contribution in [0.15, 0.2) is 17.2 Å². The Morgan fingerprint density at radius 3 is 2.60 bits per heavy atom. The number of aryl methyl sites for hydroxylation is 1. The lowest BCUT2D eigenvalue weighted by molar-refractivity contribution is 0.412. The highest BCUT2D eigenvalue weighted by molar-refractivity contribution is 7.89. The number of hydrogen-bond acceptors (Lipinski definition) is 3. The topological polar surface area (TPSA) is 68.3 Å². The molecule has 0 radical (unpaired) electrons. The van der Waals surface area contributed by atoms with E-state index in [9.17, 15) is 8.42 Å². The summed E-state index contributed by atoms with van der Waals surface area (Å²) in [6.07, 6.45) is 4.99. The maximum atomic E-state index is 12.7. The Balaban J connectivity index is 2.27. The van der Waals surface area contributed by atoms with E-state index >= 15 is 0 Å². The standard InChI is InChI=1S/C14H25N3O2S/c1-3-7-16-11-14(8-13(16)9-15)20(18,19)17(4-2)10-12-5-6-12/h8,11-12H,3-7,9-10,15H2,1-2H3. The van der Waals surface area contributed by atoms with Crippen molar-refractivity contribution < 1.29 is 8.42 Å². The zero-order chi connectivity index (χ0) is 14.8. The second-order valence-electron chi connectivity index (χ2n) is 5.46. The summed E-state index contributed by atoms with van der Waals surface area (Å²) < 4.78 is 28.9. The molecule has 114 valence electrons. The average Bonchev–Trinajstić information content (AvgIpc) is 3.15. The molecule has 0 bridgehead atoms. The second kappa shape index (κ2) is 6.28. The van der Waals surface area contributed by atoms with Gasteiger partial charge >= 0.3 is 0 Å². The number of hydrogen-bond donors (Lipinski definition) is 1. The Morgan fingerprint density at radius 2 is 2.10 bits per heavy atom. The summed E-state index contributed by atoms with van der Waals surface area (Å²) in [5.74, 6) is 0.552. The fourth-order valence-corrected chi connectivity index (χ4v) is 4.01. The summed E-state index contributed by atoms with van der Waals surface area (Å²) in [6.45, 7) is 6.30. The molecular weight excluding hydrogens is 274 g/mol. The lowest BCUT2D eigenvalue weighted by atomic mass is 10.4. The molecule has 1 heterocycles. The van der Waals surface area contributed by atoms with Crippen molar-refractivity contribution in [3.63, 3.8) is 0 Å². The first-order chi connectivity index (χ1) is 9.52. The summed E-state index contributed by atoms with van der Waals surface area (Å²) in [6, 6.07) is 1.72. The number of rotatable bonds is 8. The fourth-order valence-electron chi connectivity index (χ4n) is 2.42. The van der Waals surface area contributed by atoms with Crippen molar-refractivity contribution >= 4 is 10.0 Å². The molecule has 5 nitrogen and oxygen atoms in total. The van der Waals surface area contributed by atoms with E-state index in [1.54, 1.807) is 16.6 Å². The highest BCUT2D eigenvalue weighted by atomic mass is 32.2. The molecule has 20 heavy (non-hydrogen) atoms. The van der Waals surface area contributed by atoms with Gasteiger partial charge in [-0.1, -0.05) is 13.8 Å². The van der Waals surface area contributed by atoms with E-state index in [-0.39, 0.29) is 0 Å². The van der Waals surface area contributed by atoms with Gasteiger partial charge in [-0.25, -0.2) is 8.42 Å². The van der Waals surface area contributed by atoms with Crippen molar-refractivity contribution in [2.75, 3.05) is 13.1 Å². The molecule has 1 fully saturated rings. The normalized spacial score (nSPS) is 16.0. The minimum absolute atomic E-state index is 0.365. The zero-order valence-corrected chi connectivity index (χ0v) is 13.2. The molecule has 0 unspecified atom stereocenters. The molecule has 0 saturated heterocycles. The van der Waals surface area contributed by atoms with Crippen molar-refractivity contribution in [2.24, 2.45) is 11.7 Å². The molecule has 0 amide bonds. The Labute approximate surface area is 121 Å². The van der Waals surface area contributed by atoms with Gasteiger partial charge in [0, 0.05) is 38.1 Å². The third kappa shape index (κ3) is 3.24. The van der Waals surface area contributed by atoms with Crippen LogP contribution in [0.3, 0.4) is 0 Å². The van der Waals surface area contributed by atoms with Crippen LogP contribution in [0.2, 0.25) is 0 Å². The van der Waals surface area contributed by atoms with Crippen molar-refractivity contribution in [3.05, 3.63) is 18.0 Å². The highest BCUT2D eigenvalue weighted by Crippen LogP contribution is 2.31. The maximum absolute atomic E-state index is 12.7. The molecule has 1 aromatic rings. The Morgan fingerprint density at radius 1 is 1.40 bits per heavy atom. The number of nitrogens with two attached hydrogens (primary N) is 1. The van der Waals surface area contributed by atoms with Crippen LogP contribution in [0.4, 0.5) is 0 Å². The predicted octanol–water partition coefficient (Wildman–Crippen LogP) is 1.78. The van der Waals surface area contributed by atoms with Crippen LogP contribution in [0, 0.1) is 5.92 Å². The van der Waals surface area contributed by atoms with Crippen molar-refractivity contribution in [1.29, 1.82) is 0 Å². The molecule has 0 atom stereocenters. The quantitative estimate of drug-likeness (QED) is 0.795. The van der Waals surface area contributed by atoms with E-state index in [1.807, 2.05) is 11.5 Å². The lowest BCUT2D eigenvalue weighted by Gasteiger charge is -2.19. The van der Waals surface area contributed by atoms with Gasteiger partial charge < -0.3 is 10.3 Å². The Kier molecular flexibility index (Phi) is 4.88. The predicted molar refractivity (Wildman–Crippen MR) is 79.8 cm³/mol. The van der Waals surface area contributed by atoms with Crippen LogP contribution in [0.5, 0.6) is 0 Å². The minimum Gasteiger partial charge on any atom is -0.349 e. The summed E-state index contributed by atoms with van der Waals surface area (Å²) in [5, 5.41) is 0. The van der Waals surface area contributed by atoms with Crippen LogP contribution in [0.25, 0.3) is 0 Å². The van der Waals surface area contributed by atoms with Gasteiger partial charge in [0.1, 0.15) is 4.90 Å². The lowest BCUT2D eigenvalue weighted by Crippen LogP contribution is -2.32. The van der Waals surface area contributed by atoms with E-state index < -0.39 is 10.0 Å². The summed E-state index contributed by atoms with van der Waals surface area (Å²) in [4.78, 5) is 0.383. The van der Waals surface area contributed by atoms with Gasteiger partial charge in [0.15, 0.2) is 0 Å². The van der Waals surface area contributed by atoms with Crippen LogP contribution in [-0.2, 0) is 23.1 Å². The van der Waals surface area contributed by atoms with Gasteiger partial charge in [0.2, 0.25) is 10.0 Å². The first-order valence-electron chi connectivity index (χ1n) is 7.42. The van der Waals surface area contributed by atoms with Crippen molar-refractivity contribution in [2.45, 2.75) is 51.1 Å². The highest BCUT2D eigenvalue weighted by Gasteiger charge is 2.31. The molecule has 1 aliphatic rings. The first-order valence-corrected chi connectivity index (χ1v) is 8.86. The van der Waals surface area contributed by atoms with E-state index in [1.165, 1.54) is 0 Å². The maximum Gasteiger partial charge on any atom is 0.244 e. The van der Waals surface area contributed by atoms with Gasteiger partial charge in [-0.3, -0.25) is 0 Å². The second-order valence-corrected chi connectivity index (χ2v) is 7.40. The van der Waals surface area contributed by atoms with E-state index in [0.29, 0.717) is 30.4 Å².